The topological polar surface area (TPSA) is 97.6 Å². The second-order valence-electron chi connectivity index (χ2n) is 5.73. The van der Waals surface area contributed by atoms with Crippen molar-refractivity contribution in [3.8, 4) is 23.0 Å². The van der Waals surface area contributed by atoms with Crippen molar-refractivity contribution in [3.05, 3.63) is 82.6 Å². The van der Waals surface area contributed by atoms with E-state index in [1.807, 2.05) is 0 Å². The molecule has 0 unspecified atom stereocenters. The van der Waals surface area contributed by atoms with Gasteiger partial charge >= 0.3 is 0 Å². The molecule has 0 atom stereocenters. The summed E-state index contributed by atoms with van der Waals surface area (Å²) in [6, 6.07) is 13.9. The minimum atomic E-state index is -0.488. The molecule has 0 spiro atoms. The molecule has 0 aliphatic heterocycles. The molecule has 2 aromatic carbocycles. The van der Waals surface area contributed by atoms with Crippen molar-refractivity contribution in [3.63, 3.8) is 0 Å². The Labute approximate surface area is 152 Å². The molecule has 0 saturated heterocycles. The summed E-state index contributed by atoms with van der Waals surface area (Å²) in [4.78, 5) is 19.1. The Morgan fingerprint density at radius 2 is 1.93 bits per heavy atom. The monoisotopic (exact) mass is 359 g/mol. The van der Waals surface area contributed by atoms with Crippen molar-refractivity contribution in [1.29, 1.82) is 5.26 Å². The Morgan fingerprint density at radius 1 is 1.15 bits per heavy atom. The van der Waals surface area contributed by atoms with Gasteiger partial charge < -0.3 is 4.57 Å². The van der Waals surface area contributed by atoms with Crippen LogP contribution >= 0.6 is 0 Å². The maximum Gasteiger partial charge on any atom is 0.271 e. The highest BCUT2D eigenvalue weighted by atomic mass is 19.1. The van der Waals surface area contributed by atoms with E-state index < -0.39 is 4.92 Å². The Morgan fingerprint density at radius 3 is 2.63 bits per heavy atom. The Bertz CT molecular complexity index is 1230. The zero-order valence-electron chi connectivity index (χ0n) is 13.7. The van der Waals surface area contributed by atoms with E-state index in [1.165, 1.54) is 30.6 Å². The molecule has 0 fully saturated rings. The van der Waals surface area contributed by atoms with Gasteiger partial charge in [0.2, 0.25) is 0 Å². The van der Waals surface area contributed by atoms with Gasteiger partial charge in [0.25, 0.3) is 5.69 Å². The molecule has 0 amide bonds. The minimum Gasteiger partial charge on any atom is -0.312 e. The van der Waals surface area contributed by atoms with Crippen molar-refractivity contribution in [1.82, 2.24) is 14.5 Å². The van der Waals surface area contributed by atoms with E-state index >= 15 is 0 Å². The van der Waals surface area contributed by atoms with Crippen LogP contribution in [0.5, 0.6) is 0 Å². The number of non-ortho nitro benzene ring substituents is 1. The van der Waals surface area contributed by atoms with Crippen molar-refractivity contribution < 1.29 is 9.31 Å². The highest BCUT2D eigenvalue weighted by Gasteiger charge is 2.18. The summed E-state index contributed by atoms with van der Waals surface area (Å²) in [5.41, 5.74) is 2.79. The fourth-order valence-corrected chi connectivity index (χ4v) is 2.92. The van der Waals surface area contributed by atoms with Crippen LogP contribution in [0.25, 0.3) is 28.0 Å². The summed E-state index contributed by atoms with van der Waals surface area (Å²) < 4.78 is 14.9. The van der Waals surface area contributed by atoms with E-state index in [9.17, 15) is 19.8 Å². The van der Waals surface area contributed by atoms with Crippen LogP contribution in [0.1, 0.15) is 5.56 Å². The molecule has 7 nitrogen and oxygen atoms in total. The summed E-state index contributed by atoms with van der Waals surface area (Å²) in [6.07, 6.45) is 2.89. The standard InChI is InChI=1S/C19H10FN5O2/c20-14-6-4-12(5-7-14)17-19-18(23-11-22-17)13(9-21)10-24(19)15-2-1-3-16(8-15)25(26)27/h1-8,10-11H. The number of nitriles is 1. The van der Waals surface area contributed by atoms with Gasteiger partial charge in [-0.1, -0.05) is 6.07 Å². The number of hydrogen-bond acceptors (Lipinski definition) is 5. The third-order valence-electron chi connectivity index (χ3n) is 4.13. The number of nitrogens with zero attached hydrogens (tertiary/aromatic N) is 5. The molecule has 0 N–H and O–H groups in total. The van der Waals surface area contributed by atoms with Gasteiger partial charge in [-0.05, 0) is 30.3 Å². The lowest BCUT2D eigenvalue weighted by atomic mass is 10.1. The average molecular weight is 359 g/mol. The van der Waals surface area contributed by atoms with Gasteiger partial charge in [-0.15, -0.1) is 0 Å². The van der Waals surface area contributed by atoms with E-state index in [-0.39, 0.29) is 11.5 Å². The second kappa shape index (κ2) is 6.31. The molecular weight excluding hydrogens is 349 g/mol. The maximum atomic E-state index is 13.3. The zero-order chi connectivity index (χ0) is 19.0. The van der Waals surface area contributed by atoms with E-state index in [4.69, 9.17) is 0 Å². The summed E-state index contributed by atoms with van der Waals surface area (Å²) >= 11 is 0. The van der Waals surface area contributed by atoms with Crippen LogP contribution < -0.4 is 0 Å². The van der Waals surface area contributed by atoms with Crippen LogP contribution in [0.15, 0.2) is 61.1 Å². The van der Waals surface area contributed by atoms with Crippen molar-refractivity contribution >= 4 is 16.7 Å². The minimum absolute atomic E-state index is 0.0759. The highest BCUT2D eigenvalue weighted by molar-refractivity contribution is 5.94. The first-order valence-electron chi connectivity index (χ1n) is 7.85. The van der Waals surface area contributed by atoms with Gasteiger partial charge in [0, 0.05) is 23.9 Å². The van der Waals surface area contributed by atoms with Gasteiger partial charge in [0.15, 0.2) is 0 Å². The molecule has 0 bridgehead atoms. The zero-order valence-corrected chi connectivity index (χ0v) is 13.7. The van der Waals surface area contributed by atoms with Crippen LogP contribution in [0, 0.1) is 27.3 Å². The molecular formula is C19H10FN5O2. The maximum absolute atomic E-state index is 13.3. The number of nitro benzene ring substituents is 1. The molecule has 8 heteroatoms. The lowest BCUT2D eigenvalue weighted by Crippen LogP contribution is -1.97. The Balaban J connectivity index is 2.04. The SMILES string of the molecule is N#Cc1cn(-c2cccc([N+](=O)[O-])c2)c2c(-c3ccc(F)cc3)ncnc12. The fourth-order valence-electron chi connectivity index (χ4n) is 2.92. The van der Waals surface area contributed by atoms with Gasteiger partial charge in [-0.3, -0.25) is 10.1 Å². The first-order valence-corrected chi connectivity index (χ1v) is 7.85. The van der Waals surface area contributed by atoms with Crippen LogP contribution in [0.3, 0.4) is 0 Å². The first-order chi connectivity index (χ1) is 13.1. The number of aromatic nitrogens is 3. The van der Waals surface area contributed by atoms with Crippen molar-refractivity contribution in [2.24, 2.45) is 0 Å². The fraction of sp³-hybridized carbons (Fsp3) is 0. The quantitative estimate of drug-likeness (QED) is 0.407. The van der Waals surface area contributed by atoms with E-state index in [0.717, 1.165) is 0 Å². The van der Waals surface area contributed by atoms with Crippen LogP contribution in [-0.4, -0.2) is 19.5 Å². The lowest BCUT2D eigenvalue weighted by Gasteiger charge is -2.09. The summed E-state index contributed by atoms with van der Waals surface area (Å²) in [5, 5.41) is 20.6. The largest absolute Gasteiger partial charge is 0.312 e. The number of halogens is 1. The molecule has 4 aromatic rings. The number of fused-ring (bicyclic) bond motifs is 1. The molecule has 4 rings (SSSR count). The Hall–Kier alpha value is -4.12. The van der Waals surface area contributed by atoms with E-state index in [2.05, 4.69) is 16.0 Å². The molecule has 0 saturated carbocycles. The third kappa shape index (κ3) is 2.77. The van der Waals surface area contributed by atoms with Crippen LogP contribution in [-0.2, 0) is 0 Å². The van der Waals surface area contributed by atoms with E-state index in [1.54, 1.807) is 35.0 Å². The average Bonchev–Trinajstić information content (AvgIpc) is 3.08. The van der Waals surface area contributed by atoms with Gasteiger partial charge in [0.05, 0.1) is 27.4 Å². The predicted octanol–water partition coefficient (Wildman–Crippen LogP) is 4.01. The number of benzene rings is 2. The number of rotatable bonds is 3. The van der Waals surface area contributed by atoms with Crippen LogP contribution in [0.2, 0.25) is 0 Å². The molecule has 130 valence electrons. The lowest BCUT2D eigenvalue weighted by molar-refractivity contribution is -0.384. The van der Waals surface area contributed by atoms with Crippen molar-refractivity contribution in [2.45, 2.75) is 0 Å². The first kappa shape index (κ1) is 16.4. The smallest absolute Gasteiger partial charge is 0.271 e. The number of hydrogen-bond donors (Lipinski definition) is 0. The predicted molar refractivity (Wildman–Crippen MR) is 95.6 cm³/mol. The highest BCUT2D eigenvalue weighted by Crippen LogP contribution is 2.31. The van der Waals surface area contributed by atoms with E-state index in [0.29, 0.717) is 33.5 Å². The molecule has 2 aromatic heterocycles. The molecule has 0 aliphatic rings. The van der Waals surface area contributed by atoms with Gasteiger partial charge in [-0.25, -0.2) is 14.4 Å². The summed E-state index contributed by atoms with van der Waals surface area (Å²) in [6.45, 7) is 0. The van der Waals surface area contributed by atoms with Gasteiger partial charge in [0.1, 0.15) is 23.7 Å². The summed E-state index contributed by atoms with van der Waals surface area (Å²) in [5.74, 6) is -0.379. The molecule has 0 radical (unpaired) electrons. The van der Waals surface area contributed by atoms with Gasteiger partial charge in [-0.2, -0.15) is 5.26 Å². The third-order valence-corrected chi connectivity index (χ3v) is 4.13. The normalized spacial score (nSPS) is 10.7. The van der Waals surface area contributed by atoms with Crippen LogP contribution in [0.4, 0.5) is 10.1 Å². The molecule has 2 heterocycles. The number of nitro groups is 1. The Kier molecular flexibility index (Phi) is 3.82. The second-order valence-corrected chi connectivity index (χ2v) is 5.73. The molecule has 0 aliphatic carbocycles. The molecule has 27 heavy (non-hydrogen) atoms. The summed E-state index contributed by atoms with van der Waals surface area (Å²) in [7, 11) is 0. The van der Waals surface area contributed by atoms with Crippen molar-refractivity contribution in [2.75, 3.05) is 0 Å².